The van der Waals surface area contributed by atoms with Crippen LogP contribution in [0.25, 0.3) is 0 Å². The van der Waals surface area contributed by atoms with Gasteiger partial charge < -0.3 is 4.74 Å². The lowest BCUT2D eigenvalue weighted by Gasteiger charge is -2.56. The first-order chi connectivity index (χ1) is 12.6. The lowest BCUT2D eigenvalue weighted by Crippen LogP contribution is -2.55. The van der Waals surface area contributed by atoms with Gasteiger partial charge in [0.1, 0.15) is 13.4 Å². The van der Waals surface area contributed by atoms with E-state index >= 15 is 0 Å². The number of hydrogen-bond donors (Lipinski definition) is 0. The van der Waals surface area contributed by atoms with Crippen LogP contribution in [0.1, 0.15) is 32.1 Å². The van der Waals surface area contributed by atoms with E-state index in [2.05, 4.69) is 26.1 Å². The normalized spacial score (nSPS) is 52.8. The molecular weight excluding hydrogens is 323 g/mol. The van der Waals surface area contributed by atoms with E-state index in [4.69, 9.17) is 4.74 Å². The maximum Gasteiger partial charge on any atom is 0.331 e. The Kier molecular flexibility index (Phi) is 2.87. The second-order valence-electron chi connectivity index (χ2n) is 9.48. The van der Waals surface area contributed by atoms with E-state index in [9.17, 15) is 9.59 Å². The lowest BCUT2D eigenvalue weighted by atomic mass is 9.47. The standard InChI is InChI=1S/C22H25BO3/c23-11-21-7-5-15-14-4-2-13(24)9-12(14)1-3-16(15)20(21)17-10-18(17)22(21)8-6-19(25)26-22/h1,3,6,8-9,14-18,20H,2,4-5,7,10-11,23H2. The molecule has 0 radical (unpaired) electrons. The largest absolute Gasteiger partial charge is 0.451 e. The zero-order valence-electron chi connectivity index (χ0n) is 15.3. The molecule has 1 aliphatic heterocycles. The predicted octanol–water partition coefficient (Wildman–Crippen LogP) is 2.64. The van der Waals surface area contributed by atoms with Crippen molar-refractivity contribution in [1.82, 2.24) is 0 Å². The third-order valence-corrected chi connectivity index (χ3v) is 8.95. The van der Waals surface area contributed by atoms with Gasteiger partial charge in [-0.05, 0) is 73.0 Å². The van der Waals surface area contributed by atoms with Crippen molar-refractivity contribution in [3.63, 3.8) is 0 Å². The molecule has 0 amide bonds. The van der Waals surface area contributed by atoms with Gasteiger partial charge in [0.2, 0.25) is 0 Å². The Morgan fingerprint density at radius 1 is 1.19 bits per heavy atom. The quantitative estimate of drug-likeness (QED) is 0.541. The maximum atomic E-state index is 12.0. The molecule has 8 unspecified atom stereocenters. The molecule has 0 N–H and O–H groups in total. The van der Waals surface area contributed by atoms with Crippen LogP contribution in [0.15, 0.2) is 36.0 Å². The molecule has 3 nitrogen and oxygen atoms in total. The molecule has 26 heavy (non-hydrogen) atoms. The SMILES string of the molecule is BCC12CCC3C4CCC(=O)C=C4C=CC3C1C1CC1C21C=CC(=O)O1. The van der Waals surface area contributed by atoms with Crippen molar-refractivity contribution >= 4 is 19.6 Å². The molecule has 0 aromatic rings. The van der Waals surface area contributed by atoms with Crippen molar-refractivity contribution in [3.8, 4) is 0 Å². The van der Waals surface area contributed by atoms with Gasteiger partial charge in [0.25, 0.3) is 0 Å². The highest BCUT2D eigenvalue weighted by Crippen LogP contribution is 2.78. The number of carbonyl (C=O) groups excluding carboxylic acids is 2. The number of hydrogen-bond acceptors (Lipinski definition) is 3. The summed E-state index contributed by atoms with van der Waals surface area (Å²) in [5.41, 5.74) is 1.06. The number of esters is 1. The van der Waals surface area contributed by atoms with Crippen LogP contribution < -0.4 is 0 Å². The monoisotopic (exact) mass is 348 g/mol. The summed E-state index contributed by atoms with van der Waals surface area (Å²) in [4.78, 5) is 23.9. The fourth-order valence-corrected chi connectivity index (χ4v) is 8.04. The van der Waals surface area contributed by atoms with Gasteiger partial charge in [-0.2, -0.15) is 0 Å². The Morgan fingerprint density at radius 2 is 2.08 bits per heavy atom. The average molecular weight is 348 g/mol. The Bertz CT molecular complexity index is 810. The van der Waals surface area contributed by atoms with Crippen molar-refractivity contribution < 1.29 is 14.3 Å². The number of fused-ring (bicyclic) bond motifs is 9. The predicted molar refractivity (Wildman–Crippen MR) is 100 cm³/mol. The van der Waals surface area contributed by atoms with Crippen molar-refractivity contribution in [2.24, 2.45) is 40.9 Å². The summed E-state index contributed by atoms with van der Waals surface area (Å²) in [5, 5.41) is 0. The molecule has 5 aliphatic carbocycles. The first-order valence-corrected chi connectivity index (χ1v) is 10.4. The van der Waals surface area contributed by atoms with E-state index in [1.807, 2.05) is 6.08 Å². The second kappa shape index (κ2) is 4.82. The molecule has 1 spiro atoms. The molecule has 0 saturated heterocycles. The molecule has 134 valence electrons. The lowest BCUT2D eigenvalue weighted by molar-refractivity contribution is -0.165. The highest BCUT2D eigenvalue weighted by molar-refractivity contribution is 6.09. The number of ether oxygens (including phenoxy) is 1. The molecule has 8 atom stereocenters. The number of allylic oxidation sites excluding steroid dienone is 4. The molecule has 0 bridgehead atoms. The summed E-state index contributed by atoms with van der Waals surface area (Å²) in [5.74, 6) is 3.84. The van der Waals surface area contributed by atoms with E-state index in [0.29, 0.717) is 47.7 Å². The third-order valence-electron chi connectivity index (χ3n) is 8.95. The third kappa shape index (κ3) is 1.63. The highest BCUT2D eigenvalue weighted by atomic mass is 16.6. The Labute approximate surface area is 155 Å². The van der Waals surface area contributed by atoms with E-state index in [0.717, 1.165) is 19.2 Å². The van der Waals surface area contributed by atoms with Crippen LogP contribution in [-0.2, 0) is 14.3 Å². The van der Waals surface area contributed by atoms with Gasteiger partial charge in [0.05, 0.1) is 0 Å². The highest BCUT2D eigenvalue weighted by Gasteiger charge is 2.78. The molecule has 6 rings (SSSR count). The fourth-order valence-electron chi connectivity index (χ4n) is 8.04. The Hall–Kier alpha value is -1.58. The van der Waals surface area contributed by atoms with Crippen LogP contribution >= 0.6 is 0 Å². The summed E-state index contributed by atoms with van der Waals surface area (Å²) >= 11 is 0. The minimum atomic E-state index is -0.328. The minimum absolute atomic E-state index is 0.112. The van der Waals surface area contributed by atoms with Crippen LogP contribution in [0.5, 0.6) is 0 Å². The molecule has 3 saturated carbocycles. The van der Waals surface area contributed by atoms with Gasteiger partial charge in [-0.3, -0.25) is 4.79 Å². The van der Waals surface area contributed by atoms with Gasteiger partial charge in [-0.1, -0.05) is 18.5 Å². The zero-order valence-corrected chi connectivity index (χ0v) is 15.3. The van der Waals surface area contributed by atoms with Gasteiger partial charge in [0.15, 0.2) is 5.78 Å². The second-order valence-corrected chi connectivity index (χ2v) is 9.48. The molecule has 4 heteroatoms. The average Bonchev–Trinajstić information content (AvgIpc) is 3.29. The van der Waals surface area contributed by atoms with E-state index in [1.54, 1.807) is 6.08 Å². The summed E-state index contributed by atoms with van der Waals surface area (Å²) in [6.07, 6.45) is 16.8. The van der Waals surface area contributed by atoms with Crippen molar-refractivity contribution in [1.29, 1.82) is 0 Å². The maximum absolute atomic E-state index is 12.0. The molecule has 1 heterocycles. The van der Waals surface area contributed by atoms with Crippen LogP contribution in [0.4, 0.5) is 0 Å². The molecule has 0 aromatic heterocycles. The van der Waals surface area contributed by atoms with Crippen LogP contribution in [0, 0.1) is 40.9 Å². The molecule has 3 fully saturated rings. The summed E-state index contributed by atoms with van der Waals surface area (Å²) in [7, 11) is 2.30. The fraction of sp³-hybridized carbons (Fsp3) is 0.636. The zero-order chi connectivity index (χ0) is 17.7. The first kappa shape index (κ1) is 15.5. The minimum Gasteiger partial charge on any atom is -0.451 e. The molecular formula is C22H25BO3. The van der Waals surface area contributed by atoms with Crippen LogP contribution in [-0.4, -0.2) is 25.2 Å². The van der Waals surface area contributed by atoms with Crippen LogP contribution in [0.2, 0.25) is 6.32 Å². The van der Waals surface area contributed by atoms with Crippen molar-refractivity contribution in [3.05, 3.63) is 36.0 Å². The number of ketones is 1. The topological polar surface area (TPSA) is 43.4 Å². The van der Waals surface area contributed by atoms with Crippen molar-refractivity contribution in [2.75, 3.05) is 0 Å². The summed E-state index contributed by atoms with van der Waals surface area (Å²) < 4.78 is 6.10. The van der Waals surface area contributed by atoms with E-state index in [-0.39, 0.29) is 17.0 Å². The van der Waals surface area contributed by atoms with E-state index in [1.165, 1.54) is 18.4 Å². The number of rotatable bonds is 1. The Morgan fingerprint density at radius 3 is 2.85 bits per heavy atom. The van der Waals surface area contributed by atoms with Crippen molar-refractivity contribution in [2.45, 2.75) is 44.0 Å². The summed E-state index contributed by atoms with van der Waals surface area (Å²) in [6.45, 7) is 0. The Balaban J connectivity index is 1.44. The van der Waals surface area contributed by atoms with Gasteiger partial charge in [-0.15, -0.1) is 0 Å². The summed E-state index contributed by atoms with van der Waals surface area (Å²) in [6, 6.07) is 0. The number of carbonyl (C=O) groups is 2. The van der Waals surface area contributed by atoms with Gasteiger partial charge in [0, 0.05) is 23.8 Å². The van der Waals surface area contributed by atoms with Gasteiger partial charge in [-0.25, -0.2) is 4.79 Å². The molecule has 0 aromatic carbocycles. The van der Waals surface area contributed by atoms with E-state index < -0.39 is 0 Å². The van der Waals surface area contributed by atoms with Gasteiger partial charge >= 0.3 is 5.97 Å². The first-order valence-electron chi connectivity index (χ1n) is 10.4. The van der Waals surface area contributed by atoms with Crippen LogP contribution in [0.3, 0.4) is 0 Å². The smallest absolute Gasteiger partial charge is 0.331 e. The molecule has 6 aliphatic rings.